The lowest BCUT2D eigenvalue weighted by atomic mass is 10.2. The van der Waals surface area contributed by atoms with Gasteiger partial charge in [-0.2, -0.15) is 0 Å². The van der Waals surface area contributed by atoms with Crippen molar-refractivity contribution >= 4 is 64.9 Å². The number of hydrogen-bond donors (Lipinski definition) is 3. The zero-order chi connectivity index (χ0) is 17.1. The fourth-order valence-corrected chi connectivity index (χ4v) is 4.33. The number of imidazole rings is 1. The van der Waals surface area contributed by atoms with E-state index in [0.717, 1.165) is 59.4 Å². The molecule has 148 valence electrons. The van der Waals surface area contributed by atoms with E-state index >= 15 is 0 Å². The Labute approximate surface area is 176 Å². The van der Waals surface area contributed by atoms with Gasteiger partial charge in [-0.3, -0.25) is 0 Å². The van der Waals surface area contributed by atoms with E-state index < -0.39 is 0 Å². The number of benzene rings is 1. The lowest BCUT2D eigenvalue weighted by Crippen LogP contribution is -2.52. The van der Waals surface area contributed by atoms with Crippen molar-refractivity contribution in [2.45, 2.75) is 43.1 Å². The first kappa shape index (κ1) is 23.7. The third-order valence-electron chi connectivity index (χ3n) is 4.53. The van der Waals surface area contributed by atoms with E-state index in [-0.39, 0.29) is 37.5 Å². The second kappa shape index (κ2) is 10.8. The van der Waals surface area contributed by atoms with Gasteiger partial charge in [0.05, 0.1) is 28.4 Å². The summed E-state index contributed by atoms with van der Waals surface area (Å²) in [6.07, 6.45) is 2.26. The standard InChI is InChI=1S/C17H25ClN4OS.2ClH/c1-3-12(4-2)24-17-20-14-7-13(18)16(8-15(14)21-17)22-6-5-19-11(9-22)10-23;;/h7-8,11-12,19,23H,3-6,9-10H2,1-2H3,(H,20,21);2*1H. The molecule has 1 unspecified atom stereocenters. The molecule has 1 aliphatic heterocycles. The first-order chi connectivity index (χ1) is 11.6. The molecule has 2 aromatic rings. The number of H-pyrrole nitrogens is 1. The number of anilines is 1. The van der Waals surface area contributed by atoms with Gasteiger partial charge >= 0.3 is 0 Å². The highest BCUT2D eigenvalue weighted by Crippen LogP contribution is 2.33. The normalized spacial score (nSPS) is 17.3. The maximum Gasteiger partial charge on any atom is 0.166 e. The Hall–Kier alpha value is -0.370. The first-order valence-corrected chi connectivity index (χ1v) is 9.85. The lowest BCUT2D eigenvalue weighted by molar-refractivity contribution is 0.236. The van der Waals surface area contributed by atoms with E-state index in [1.54, 1.807) is 11.8 Å². The Kier molecular flexibility index (Phi) is 9.86. The second-order valence-corrected chi connectivity index (χ2v) is 7.89. The first-order valence-electron chi connectivity index (χ1n) is 8.59. The molecule has 0 amide bonds. The molecule has 0 bridgehead atoms. The molecule has 0 saturated carbocycles. The van der Waals surface area contributed by atoms with Crippen LogP contribution in [-0.2, 0) is 0 Å². The van der Waals surface area contributed by atoms with E-state index in [2.05, 4.69) is 35.1 Å². The topological polar surface area (TPSA) is 64.2 Å². The van der Waals surface area contributed by atoms with Crippen LogP contribution in [-0.4, -0.2) is 52.6 Å². The van der Waals surface area contributed by atoms with Crippen LogP contribution in [0.5, 0.6) is 0 Å². The van der Waals surface area contributed by atoms with Crippen molar-refractivity contribution in [1.29, 1.82) is 0 Å². The SMILES string of the molecule is CCC(CC)Sc1nc2cc(N3CCNC(CO)C3)c(Cl)cc2[nH]1.Cl.Cl. The third kappa shape index (κ3) is 5.33. The smallest absolute Gasteiger partial charge is 0.166 e. The van der Waals surface area contributed by atoms with Gasteiger partial charge in [0, 0.05) is 30.9 Å². The van der Waals surface area contributed by atoms with Crippen LogP contribution in [0.4, 0.5) is 5.69 Å². The minimum absolute atomic E-state index is 0. The van der Waals surface area contributed by atoms with Crippen molar-refractivity contribution in [2.24, 2.45) is 0 Å². The number of thioether (sulfide) groups is 1. The summed E-state index contributed by atoms with van der Waals surface area (Å²) in [6, 6.07) is 4.11. The molecular formula is C17H27Cl3N4OS. The van der Waals surface area contributed by atoms with Crippen LogP contribution in [0.15, 0.2) is 17.3 Å². The number of rotatable bonds is 6. The monoisotopic (exact) mass is 440 g/mol. The summed E-state index contributed by atoms with van der Waals surface area (Å²) >= 11 is 8.32. The summed E-state index contributed by atoms with van der Waals surface area (Å²) < 4.78 is 0. The molecule has 1 aromatic heterocycles. The van der Waals surface area contributed by atoms with E-state index in [0.29, 0.717) is 5.25 Å². The Morgan fingerprint density at radius 3 is 2.73 bits per heavy atom. The van der Waals surface area contributed by atoms with E-state index in [9.17, 15) is 5.11 Å². The van der Waals surface area contributed by atoms with Crippen molar-refractivity contribution < 1.29 is 5.11 Å². The lowest BCUT2D eigenvalue weighted by Gasteiger charge is -2.34. The largest absolute Gasteiger partial charge is 0.395 e. The Morgan fingerprint density at radius 2 is 2.08 bits per heavy atom. The third-order valence-corrected chi connectivity index (χ3v) is 6.25. The molecule has 0 aliphatic carbocycles. The molecule has 1 fully saturated rings. The summed E-state index contributed by atoms with van der Waals surface area (Å²) in [5.74, 6) is 0. The highest BCUT2D eigenvalue weighted by molar-refractivity contribution is 7.99. The molecular weight excluding hydrogens is 415 g/mol. The Balaban J connectivity index is 0.00000169. The summed E-state index contributed by atoms with van der Waals surface area (Å²) in [6.45, 7) is 7.02. The molecule has 0 radical (unpaired) electrons. The molecule has 5 nitrogen and oxygen atoms in total. The number of aromatic nitrogens is 2. The van der Waals surface area contributed by atoms with Crippen molar-refractivity contribution in [2.75, 3.05) is 31.1 Å². The Bertz CT molecular complexity index is 696. The highest BCUT2D eigenvalue weighted by atomic mass is 35.5. The van der Waals surface area contributed by atoms with Gasteiger partial charge in [-0.15, -0.1) is 24.8 Å². The molecule has 3 N–H and O–H groups in total. The predicted octanol–water partition coefficient (Wildman–Crippen LogP) is 4.11. The van der Waals surface area contributed by atoms with Crippen molar-refractivity contribution in [1.82, 2.24) is 15.3 Å². The van der Waals surface area contributed by atoms with Gasteiger partial charge in [0.1, 0.15) is 0 Å². The second-order valence-electron chi connectivity index (χ2n) is 6.20. The quantitative estimate of drug-likeness (QED) is 0.589. The van der Waals surface area contributed by atoms with Crippen molar-refractivity contribution in [3.63, 3.8) is 0 Å². The molecule has 1 saturated heterocycles. The van der Waals surface area contributed by atoms with E-state index in [4.69, 9.17) is 16.6 Å². The molecule has 2 heterocycles. The number of piperazine rings is 1. The molecule has 3 rings (SSSR count). The average molecular weight is 442 g/mol. The van der Waals surface area contributed by atoms with Crippen molar-refractivity contribution in [3.8, 4) is 0 Å². The number of hydrogen-bond acceptors (Lipinski definition) is 5. The fourth-order valence-electron chi connectivity index (χ4n) is 3.07. The van der Waals surface area contributed by atoms with Gasteiger partial charge in [-0.1, -0.05) is 37.2 Å². The van der Waals surface area contributed by atoms with Crippen LogP contribution in [0.3, 0.4) is 0 Å². The number of aromatic amines is 1. The summed E-state index contributed by atoms with van der Waals surface area (Å²) in [7, 11) is 0. The van der Waals surface area contributed by atoms with Crippen LogP contribution >= 0.6 is 48.2 Å². The molecule has 1 atom stereocenters. The minimum atomic E-state index is 0. The highest BCUT2D eigenvalue weighted by Gasteiger charge is 2.21. The number of nitrogens with one attached hydrogen (secondary N) is 2. The molecule has 9 heteroatoms. The van der Waals surface area contributed by atoms with E-state index in [1.807, 2.05) is 6.07 Å². The molecule has 1 aliphatic rings. The molecule has 1 aromatic carbocycles. The van der Waals surface area contributed by atoms with Crippen LogP contribution < -0.4 is 10.2 Å². The number of nitrogens with zero attached hydrogens (tertiary/aromatic N) is 2. The number of aliphatic hydroxyl groups excluding tert-OH is 1. The number of halogens is 3. The van der Waals surface area contributed by atoms with Gasteiger partial charge in [0.2, 0.25) is 0 Å². The molecule has 26 heavy (non-hydrogen) atoms. The van der Waals surface area contributed by atoms with Gasteiger partial charge < -0.3 is 20.3 Å². The summed E-state index contributed by atoms with van der Waals surface area (Å²) in [5, 5.41) is 15.0. The van der Waals surface area contributed by atoms with Gasteiger partial charge in [0.15, 0.2) is 5.16 Å². The number of fused-ring (bicyclic) bond motifs is 1. The summed E-state index contributed by atoms with van der Waals surface area (Å²) in [5.41, 5.74) is 2.92. The minimum Gasteiger partial charge on any atom is -0.395 e. The van der Waals surface area contributed by atoms with Crippen LogP contribution in [0.25, 0.3) is 11.0 Å². The summed E-state index contributed by atoms with van der Waals surface area (Å²) in [4.78, 5) is 10.3. The van der Waals surface area contributed by atoms with Gasteiger partial charge in [-0.05, 0) is 25.0 Å². The van der Waals surface area contributed by atoms with Gasteiger partial charge in [-0.25, -0.2) is 4.98 Å². The maximum absolute atomic E-state index is 9.39. The van der Waals surface area contributed by atoms with Crippen LogP contribution in [0.1, 0.15) is 26.7 Å². The van der Waals surface area contributed by atoms with E-state index in [1.165, 1.54) is 0 Å². The van der Waals surface area contributed by atoms with Crippen molar-refractivity contribution in [3.05, 3.63) is 17.2 Å². The van der Waals surface area contributed by atoms with Gasteiger partial charge in [0.25, 0.3) is 0 Å². The number of aliphatic hydroxyl groups is 1. The molecule has 0 spiro atoms. The predicted molar refractivity (Wildman–Crippen MR) is 117 cm³/mol. The van der Waals surface area contributed by atoms with Crippen LogP contribution in [0.2, 0.25) is 5.02 Å². The average Bonchev–Trinajstić information content (AvgIpc) is 3.00. The fraction of sp³-hybridized carbons (Fsp3) is 0.588. The van der Waals surface area contributed by atoms with Crippen LogP contribution in [0, 0.1) is 0 Å². The Morgan fingerprint density at radius 1 is 1.35 bits per heavy atom. The zero-order valence-corrected chi connectivity index (χ0v) is 18.2. The zero-order valence-electron chi connectivity index (χ0n) is 15.0. The maximum atomic E-state index is 9.39.